The highest BCUT2D eigenvalue weighted by atomic mass is 16.5. The maximum atomic E-state index is 12.7. The molecule has 1 aliphatic rings. The van der Waals surface area contributed by atoms with E-state index in [2.05, 4.69) is 27.9 Å². The molecule has 3 N–H and O–H groups in total. The number of nitrogens with one attached hydrogen (secondary N) is 2. The third kappa shape index (κ3) is 4.98. The van der Waals surface area contributed by atoms with Crippen molar-refractivity contribution in [2.45, 2.75) is 12.0 Å². The second kappa shape index (κ2) is 10.0. The van der Waals surface area contributed by atoms with Gasteiger partial charge in [0.2, 0.25) is 5.91 Å². The molecule has 9 heteroatoms. The molecule has 9 nitrogen and oxygen atoms in total. The van der Waals surface area contributed by atoms with Gasteiger partial charge in [0.05, 0.1) is 6.20 Å². The number of benzene rings is 2. The average Bonchev–Trinajstić information content (AvgIpc) is 3.40. The number of carboxylic acid groups (broad SMARTS) is 1. The molecule has 0 spiro atoms. The van der Waals surface area contributed by atoms with Gasteiger partial charge >= 0.3 is 12.1 Å². The molecule has 4 rings (SSSR count). The molecule has 2 amide bonds. The zero-order valence-corrected chi connectivity index (χ0v) is 18.5. The summed E-state index contributed by atoms with van der Waals surface area (Å²) >= 11 is 0. The summed E-state index contributed by atoms with van der Waals surface area (Å²) in [5.41, 5.74) is 4.88. The smallest absolute Gasteiger partial charge is 0.408 e. The predicted octanol–water partition coefficient (Wildman–Crippen LogP) is 2.76. The number of rotatable bonds is 8. The summed E-state index contributed by atoms with van der Waals surface area (Å²) in [6, 6.07) is 15.0. The van der Waals surface area contributed by atoms with Crippen LogP contribution in [0.4, 0.5) is 4.79 Å². The standard InChI is InChI=1S/C25H24N4O5/c1-29-14-16(13-27-29)23(24(32)26-12-6-11-22(30)31)28-25(33)34-15-21-19-9-4-2-7-17(19)18-8-3-5-10-20(18)21/h2-11,13-14,21,23H,12,15H2,1H3,(H,26,32)(H,28,33)(H,30,31)/b11-6+. The first-order chi connectivity index (χ1) is 16.4. The maximum Gasteiger partial charge on any atom is 0.408 e. The highest BCUT2D eigenvalue weighted by Crippen LogP contribution is 2.44. The number of fused-ring (bicyclic) bond motifs is 3. The number of amides is 2. The third-order valence-corrected chi connectivity index (χ3v) is 5.58. The zero-order valence-electron chi connectivity index (χ0n) is 18.5. The molecule has 1 heterocycles. The fourth-order valence-corrected chi connectivity index (χ4v) is 4.07. The summed E-state index contributed by atoms with van der Waals surface area (Å²) in [5.74, 6) is -1.74. The van der Waals surface area contributed by atoms with Crippen LogP contribution in [0.25, 0.3) is 11.1 Å². The monoisotopic (exact) mass is 460 g/mol. The van der Waals surface area contributed by atoms with E-state index in [0.29, 0.717) is 5.56 Å². The predicted molar refractivity (Wildman–Crippen MR) is 124 cm³/mol. The van der Waals surface area contributed by atoms with Crippen LogP contribution in [0, 0.1) is 0 Å². The van der Waals surface area contributed by atoms with Crippen molar-refractivity contribution < 1.29 is 24.2 Å². The first kappa shape index (κ1) is 22.8. The number of aryl methyl sites for hydroxylation is 1. The molecule has 1 aliphatic carbocycles. The van der Waals surface area contributed by atoms with Crippen molar-refractivity contribution in [3.8, 4) is 11.1 Å². The minimum atomic E-state index is -1.12. The summed E-state index contributed by atoms with van der Waals surface area (Å²) in [4.78, 5) is 36.0. The maximum absolute atomic E-state index is 12.7. The van der Waals surface area contributed by atoms with Crippen LogP contribution >= 0.6 is 0 Å². The van der Waals surface area contributed by atoms with Gasteiger partial charge in [-0.25, -0.2) is 9.59 Å². The van der Waals surface area contributed by atoms with Crippen molar-refractivity contribution in [1.82, 2.24) is 20.4 Å². The van der Waals surface area contributed by atoms with Crippen LogP contribution in [0.3, 0.4) is 0 Å². The molecule has 1 atom stereocenters. The lowest BCUT2D eigenvalue weighted by Gasteiger charge is -2.18. The third-order valence-electron chi connectivity index (χ3n) is 5.58. The topological polar surface area (TPSA) is 123 Å². The fourth-order valence-electron chi connectivity index (χ4n) is 4.07. The zero-order chi connectivity index (χ0) is 24.1. The van der Waals surface area contributed by atoms with E-state index < -0.39 is 24.0 Å². The summed E-state index contributed by atoms with van der Waals surface area (Å²) < 4.78 is 7.07. The summed E-state index contributed by atoms with van der Waals surface area (Å²) in [5, 5.41) is 17.9. The van der Waals surface area contributed by atoms with Gasteiger partial charge in [-0.1, -0.05) is 54.6 Å². The Morgan fingerprint density at radius 3 is 2.35 bits per heavy atom. The van der Waals surface area contributed by atoms with E-state index in [1.54, 1.807) is 13.2 Å². The second-order valence-corrected chi connectivity index (χ2v) is 7.84. The molecule has 0 radical (unpaired) electrons. The molecule has 0 saturated heterocycles. The van der Waals surface area contributed by atoms with Gasteiger partial charge in [0.1, 0.15) is 12.6 Å². The largest absolute Gasteiger partial charge is 0.478 e. The van der Waals surface area contributed by atoms with E-state index in [-0.39, 0.29) is 19.1 Å². The van der Waals surface area contributed by atoms with E-state index >= 15 is 0 Å². The van der Waals surface area contributed by atoms with Gasteiger partial charge in [-0.05, 0) is 22.3 Å². The van der Waals surface area contributed by atoms with Crippen LogP contribution in [0.5, 0.6) is 0 Å². The highest BCUT2D eigenvalue weighted by Gasteiger charge is 2.30. The van der Waals surface area contributed by atoms with Gasteiger partial charge in [0.25, 0.3) is 0 Å². The van der Waals surface area contributed by atoms with Crippen LogP contribution in [0.1, 0.15) is 28.7 Å². The molecule has 3 aromatic rings. The molecule has 0 fully saturated rings. The molecule has 1 unspecified atom stereocenters. The van der Waals surface area contributed by atoms with Crippen LogP contribution in [0.2, 0.25) is 0 Å². The Morgan fingerprint density at radius 1 is 1.12 bits per heavy atom. The van der Waals surface area contributed by atoms with E-state index in [1.165, 1.54) is 17.0 Å². The molecule has 0 saturated carbocycles. The lowest BCUT2D eigenvalue weighted by molar-refractivity contribution is -0.131. The summed E-state index contributed by atoms with van der Waals surface area (Å²) in [6.07, 6.45) is 4.57. The Kier molecular flexibility index (Phi) is 6.72. The van der Waals surface area contributed by atoms with E-state index in [0.717, 1.165) is 28.3 Å². The van der Waals surface area contributed by atoms with E-state index in [9.17, 15) is 14.4 Å². The minimum Gasteiger partial charge on any atom is -0.478 e. The van der Waals surface area contributed by atoms with Crippen molar-refractivity contribution in [2.75, 3.05) is 13.2 Å². The van der Waals surface area contributed by atoms with Gasteiger partial charge in [0.15, 0.2) is 0 Å². The minimum absolute atomic E-state index is 0.00569. The molecule has 34 heavy (non-hydrogen) atoms. The Hall–Kier alpha value is -4.40. The molecular formula is C25H24N4O5. The van der Waals surface area contributed by atoms with Gasteiger partial charge in [-0.2, -0.15) is 5.10 Å². The van der Waals surface area contributed by atoms with E-state index in [4.69, 9.17) is 9.84 Å². The SMILES string of the molecule is Cn1cc(C(NC(=O)OCC2c3ccccc3-c3ccccc32)C(=O)NC/C=C/C(=O)O)cn1. The quantitative estimate of drug-likeness (QED) is 0.444. The molecular weight excluding hydrogens is 436 g/mol. The van der Waals surface area contributed by atoms with Crippen LogP contribution < -0.4 is 10.6 Å². The Morgan fingerprint density at radius 2 is 1.76 bits per heavy atom. The molecule has 1 aromatic heterocycles. The van der Waals surface area contributed by atoms with Crippen LogP contribution in [-0.4, -0.2) is 46.0 Å². The Balaban J connectivity index is 1.44. The molecule has 2 aromatic carbocycles. The molecule has 174 valence electrons. The number of nitrogens with zero attached hydrogens (tertiary/aromatic N) is 2. The molecule has 0 bridgehead atoms. The van der Waals surface area contributed by atoms with Crippen molar-refractivity contribution in [1.29, 1.82) is 0 Å². The number of carbonyl (C=O) groups excluding carboxylic acids is 2. The number of carboxylic acids is 1. The number of carbonyl (C=O) groups is 3. The summed E-state index contributed by atoms with van der Waals surface area (Å²) in [6.45, 7) is 0.108. The number of alkyl carbamates (subject to hydrolysis) is 1. The van der Waals surface area contributed by atoms with Crippen molar-refractivity contribution >= 4 is 18.0 Å². The average molecular weight is 460 g/mol. The van der Waals surface area contributed by atoms with Gasteiger partial charge in [-0.15, -0.1) is 0 Å². The van der Waals surface area contributed by atoms with Crippen LogP contribution in [-0.2, 0) is 21.4 Å². The van der Waals surface area contributed by atoms with Crippen molar-refractivity contribution in [3.05, 3.63) is 89.8 Å². The van der Waals surface area contributed by atoms with Gasteiger partial charge in [0, 0.05) is 37.3 Å². The van der Waals surface area contributed by atoms with Crippen LogP contribution in [0.15, 0.2) is 73.1 Å². The summed E-state index contributed by atoms with van der Waals surface area (Å²) in [7, 11) is 1.70. The van der Waals surface area contributed by atoms with Gasteiger partial charge in [-0.3, -0.25) is 9.48 Å². The van der Waals surface area contributed by atoms with Gasteiger partial charge < -0.3 is 20.5 Å². The van der Waals surface area contributed by atoms with E-state index in [1.807, 2.05) is 36.4 Å². The lowest BCUT2D eigenvalue weighted by Crippen LogP contribution is -2.40. The molecule has 0 aliphatic heterocycles. The second-order valence-electron chi connectivity index (χ2n) is 7.84. The number of aromatic nitrogens is 2. The number of hydrogen-bond acceptors (Lipinski definition) is 5. The normalized spacial score (nSPS) is 13.2. The first-order valence-corrected chi connectivity index (χ1v) is 10.7. The van der Waals surface area contributed by atoms with Crippen molar-refractivity contribution in [3.63, 3.8) is 0 Å². The Labute approximate surface area is 196 Å². The Bertz CT molecular complexity index is 1200. The fraction of sp³-hybridized carbons (Fsp3) is 0.200. The number of hydrogen-bond donors (Lipinski definition) is 3. The first-order valence-electron chi connectivity index (χ1n) is 10.7. The van der Waals surface area contributed by atoms with Crippen molar-refractivity contribution in [2.24, 2.45) is 7.05 Å². The lowest BCUT2D eigenvalue weighted by atomic mass is 9.98. The number of aliphatic carboxylic acids is 1. The highest BCUT2D eigenvalue weighted by molar-refractivity contribution is 5.87. The number of ether oxygens (including phenoxy) is 1.